The minimum absolute atomic E-state index is 0.109. The van der Waals surface area contributed by atoms with Crippen molar-refractivity contribution in [1.29, 1.82) is 0 Å². The average molecular weight is 307 g/mol. The monoisotopic (exact) mass is 307 g/mol. The quantitative estimate of drug-likeness (QED) is 0.808. The number of hydrogen-bond acceptors (Lipinski definition) is 3. The molecular formula is C18H19N4O. The summed E-state index contributed by atoms with van der Waals surface area (Å²) >= 11 is 0. The fourth-order valence-corrected chi connectivity index (χ4v) is 3.41. The molecule has 0 unspecified atom stereocenters. The van der Waals surface area contributed by atoms with Crippen LogP contribution >= 0.6 is 0 Å². The molecule has 5 nitrogen and oxygen atoms in total. The number of fused-ring (bicyclic) bond motifs is 1. The van der Waals surface area contributed by atoms with E-state index >= 15 is 0 Å². The highest BCUT2D eigenvalue weighted by Crippen LogP contribution is 2.25. The van der Waals surface area contributed by atoms with Crippen molar-refractivity contribution in [3.63, 3.8) is 0 Å². The van der Waals surface area contributed by atoms with E-state index in [9.17, 15) is 4.79 Å². The Hall–Kier alpha value is -2.43. The summed E-state index contributed by atoms with van der Waals surface area (Å²) in [5.74, 6) is 0.566. The number of nitrogens with zero attached hydrogens (tertiary/aromatic N) is 3. The predicted octanol–water partition coefficient (Wildman–Crippen LogP) is 3.17. The molecule has 2 heterocycles. The maximum atomic E-state index is 12.3. The second-order valence-corrected chi connectivity index (χ2v) is 6.26. The zero-order chi connectivity index (χ0) is 15.6. The van der Waals surface area contributed by atoms with Crippen molar-refractivity contribution in [3.05, 3.63) is 47.0 Å². The molecule has 1 radical (unpaired) electrons. The second kappa shape index (κ2) is 5.99. The number of H-pyrrole nitrogens is 1. The number of benzene rings is 1. The summed E-state index contributed by atoms with van der Waals surface area (Å²) in [5.41, 5.74) is 2.84. The van der Waals surface area contributed by atoms with Crippen LogP contribution in [0, 0.1) is 12.0 Å². The van der Waals surface area contributed by atoms with Gasteiger partial charge in [-0.25, -0.2) is 14.8 Å². The van der Waals surface area contributed by atoms with E-state index in [4.69, 9.17) is 0 Å². The molecule has 1 aliphatic rings. The number of rotatable bonds is 3. The van der Waals surface area contributed by atoms with Crippen LogP contribution in [0.5, 0.6) is 0 Å². The third-order valence-electron chi connectivity index (χ3n) is 4.65. The highest BCUT2D eigenvalue weighted by atomic mass is 16.1. The van der Waals surface area contributed by atoms with Crippen LogP contribution in [0.15, 0.2) is 35.3 Å². The standard InChI is InChI=1S/C18H19N4O/c23-18-21-16-17(22(18)12-13-7-3-1-4-8-13)20-15(11-19-16)14-9-5-2-6-10-14/h2,5,9-11,13H,1,3-4,7-8,12H2,(H,19,21,23). The normalized spacial score (nSPS) is 16.0. The van der Waals surface area contributed by atoms with Crippen molar-refractivity contribution in [1.82, 2.24) is 19.5 Å². The van der Waals surface area contributed by atoms with Gasteiger partial charge in [-0.2, -0.15) is 0 Å². The third kappa shape index (κ3) is 2.79. The van der Waals surface area contributed by atoms with Crippen LogP contribution in [0.1, 0.15) is 32.1 Å². The van der Waals surface area contributed by atoms with Crippen molar-refractivity contribution in [2.75, 3.05) is 0 Å². The summed E-state index contributed by atoms with van der Waals surface area (Å²) in [6, 6.07) is 10.7. The van der Waals surface area contributed by atoms with Gasteiger partial charge in [-0.15, -0.1) is 0 Å². The van der Waals surface area contributed by atoms with E-state index in [0.717, 1.165) is 17.8 Å². The van der Waals surface area contributed by atoms with Gasteiger partial charge in [-0.05, 0) is 30.9 Å². The van der Waals surface area contributed by atoms with Gasteiger partial charge in [0, 0.05) is 12.1 Å². The van der Waals surface area contributed by atoms with Gasteiger partial charge in [0.25, 0.3) is 0 Å². The van der Waals surface area contributed by atoms with Crippen LogP contribution in [0.25, 0.3) is 22.6 Å². The zero-order valence-electron chi connectivity index (χ0n) is 13.0. The van der Waals surface area contributed by atoms with Crippen molar-refractivity contribution in [2.45, 2.75) is 38.6 Å². The maximum absolute atomic E-state index is 12.3. The number of nitrogens with one attached hydrogen (secondary N) is 1. The van der Waals surface area contributed by atoms with Gasteiger partial charge < -0.3 is 0 Å². The second-order valence-electron chi connectivity index (χ2n) is 6.26. The molecule has 0 saturated heterocycles. The Morgan fingerprint density at radius 1 is 1.30 bits per heavy atom. The first-order valence-corrected chi connectivity index (χ1v) is 8.23. The van der Waals surface area contributed by atoms with Gasteiger partial charge in [0.1, 0.15) is 0 Å². The van der Waals surface area contributed by atoms with E-state index in [1.165, 1.54) is 32.1 Å². The first kappa shape index (κ1) is 14.2. The summed E-state index contributed by atoms with van der Waals surface area (Å²) in [4.78, 5) is 24.2. The van der Waals surface area contributed by atoms with Crippen LogP contribution in [-0.2, 0) is 6.54 Å². The molecule has 0 aliphatic heterocycles. The maximum Gasteiger partial charge on any atom is 0.328 e. The molecule has 0 spiro atoms. The fraction of sp³-hybridized carbons (Fsp3) is 0.389. The van der Waals surface area contributed by atoms with E-state index in [1.807, 2.05) is 24.3 Å². The van der Waals surface area contributed by atoms with Gasteiger partial charge in [0.2, 0.25) is 0 Å². The zero-order valence-corrected chi connectivity index (χ0v) is 13.0. The summed E-state index contributed by atoms with van der Waals surface area (Å²) in [6.45, 7) is 0.734. The van der Waals surface area contributed by atoms with Crippen LogP contribution in [-0.4, -0.2) is 19.5 Å². The van der Waals surface area contributed by atoms with E-state index in [0.29, 0.717) is 17.2 Å². The molecular weight excluding hydrogens is 288 g/mol. The van der Waals surface area contributed by atoms with Crippen LogP contribution in [0.3, 0.4) is 0 Å². The predicted molar refractivity (Wildman–Crippen MR) is 89.0 cm³/mol. The van der Waals surface area contributed by atoms with Gasteiger partial charge >= 0.3 is 5.69 Å². The Kier molecular flexibility index (Phi) is 3.69. The Labute approximate surface area is 134 Å². The van der Waals surface area contributed by atoms with Gasteiger partial charge in [0.15, 0.2) is 11.3 Å². The van der Waals surface area contributed by atoms with E-state index in [-0.39, 0.29) is 5.69 Å². The molecule has 0 bridgehead atoms. The lowest BCUT2D eigenvalue weighted by molar-refractivity contribution is 0.319. The fourth-order valence-electron chi connectivity index (χ4n) is 3.41. The molecule has 117 valence electrons. The molecule has 23 heavy (non-hydrogen) atoms. The third-order valence-corrected chi connectivity index (χ3v) is 4.65. The average Bonchev–Trinajstić information content (AvgIpc) is 2.92. The van der Waals surface area contributed by atoms with Crippen molar-refractivity contribution < 1.29 is 0 Å². The minimum atomic E-state index is -0.109. The molecule has 1 aliphatic carbocycles. The lowest BCUT2D eigenvalue weighted by Crippen LogP contribution is -2.23. The summed E-state index contributed by atoms with van der Waals surface area (Å²) in [5, 5.41) is 0. The highest BCUT2D eigenvalue weighted by Gasteiger charge is 2.18. The van der Waals surface area contributed by atoms with E-state index < -0.39 is 0 Å². The largest absolute Gasteiger partial charge is 0.328 e. The van der Waals surface area contributed by atoms with Gasteiger partial charge in [0.05, 0.1) is 11.9 Å². The summed E-state index contributed by atoms with van der Waals surface area (Å²) in [6.07, 6.45) is 7.93. The summed E-state index contributed by atoms with van der Waals surface area (Å²) in [7, 11) is 0. The van der Waals surface area contributed by atoms with Gasteiger partial charge in [-0.3, -0.25) is 9.55 Å². The highest BCUT2D eigenvalue weighted by molar-refractivity contribution is 5.70. The molecule has 1 saturated carbocycles. The molecule has 1 N–H and O–H groups in total. The molecule has 5 heteroatoms. The first-order chi connectivity index (χ1) is 11.3. The van der Waals surface area contributed by atoms with Crippen LogP contribution in [0.2, 0.25) is 0 Å². The number of aromatic amines is 1. The molecule has 3 aromatic rings. The molecule has 0 amide bonds. The Morgan fingerprint density at radius 3 is 2.96 bits per heavy atom. The van der Waals surface area contributed by atoms with E-state index in [1.54, 1.807) is 10.8 Å². The number of imidazole rings is 1. The number of aromatic nitrogens is 4. The smallest absolute Gasteiger partial charge is 0.289 e. The van der Waals surface area contributed by atoms with Crippen molar-refractivity contribution >= 4 is 11.3 Å². The molecule has 1 aromatic carbocycles. The molecule has 1 fully saturated rings. The Bertz CT molecular complexity index is 860. The Balaban J connectivity index is 1.74. The lowest BCUT2D eigenvalue weighted by Gasteiger charge is -2.21. The molecule has 2 aromatic heterocycles. The molecule has 0 atom stereocenters. The van der Waals surface area contributed by atoms with E-state index in [2.05, 4.69) is 21.0 Å². The molecule has 4 rings (SSSR count). The SMILES string of the molecule is O=c1[nH]c2ncc(-c3c[c]ccc3)nc2n1CC1CCCCC1. The first-order valence-electron chi connectivity index (χ1n) is 8.23. The van der Waals surface area contributed by atoms with Crippen LogP contribution < -0.4 is 5.69 Å². The van der Waals surface area contributed by atoms with Crippen LogP contribution in [0.4, 0.5) is 0 Å². The number of hydrogen-bond donors (Lipinski definition) is 1. The Morgan fingerprint density at radius 2 is 2.17 bits per heavy atom. The topological polar surface area (TPSA) is 63.6 Å². The van der Waals surface area contributed by atoms with Crippen molar-refractivity contribution in [2.24, 2.45) is 5.92 Å². The minimum Gasteiger partial charge on any atom is -0.289 e. The van der Waals surface area contributed by atoms with Gasteiger partial charge in [-0.1, -0.05) is 37.5 Å². The summed E-state index contributed by atoms with van der Waals surface area (Å²) < 4.78 is 1.76. The lowest BCUT2D eigenvalue weighted by atomic mass is 9.89. The van der Waals surface area contributed by atoms with Crippen molar-refractivity contribution in [3.8, 4) is 11.3 Å².